The SMILES string of the molecule is CC1=CC(c2ccccc2)C(C)(/C=C/c2ccccc2)SS1. The molecule has 0 amide bonds. The maximum atomic E-state index is 2.41. The molecule has 0 aliphatic carbocycles. The van der Waals surface area contributed by atoms with E-state index in [1.165, 1.54) is 16.0 Å². The predicted octanol–water partition coefficient (Wildman–Crippen LogP) is 6.54. The van der Waals surface area contributed by atoms with Crippen molar-refractivity contribution in [2.75, 3.05) is 0 Å². The van der Waals surface area contributed by atoms with Crippen LogP contribution in [0.5, 0.6) is 0 Å². The Morgan fingerprint density at radius 2 is 1.59 bits per heavy atom. The van der Waals surface area contributed by atoms with Crippen molar-refractivity contribution >= 4 is 27.7 Å². The first-order chi connectivity index (χ1) is 10.7. The molecule has 0 bridgehead atoms. The molecule has 0 radical (unpaired) electrons. The minimum absolute atomic E-state index is 0.0569. The fourth-order valence-corrected chi connectivity index (χ4v) is 5.19. The van der Waals surface area contributed by atoms with Crippen LogP contribution in [-0.4, -0.2) is 4.75 Å². The van der Waals surface area contributed by atoms with E-state index >= 15 is 0 Å². The van der Waals surface area contributed by atoms with Crippen molar-refractivity contribution in [1.82, 2.24) is 0 Å². The Balaban J connectivity index is 1.94. The largest absolute Gasteiger partial charge is 0.0775 e. The zero-order valence-electron chi connectivity index (χ0n) is 12.9. The van der Waals surface area contributed by atoms with Gasteiger partial charge in [-0.1, -0.05) is 100 Å². The Morgan fingerprint density at radius 1 is 0.955 bits per heavy atom. The van der Waals surface area contributed by atoms with Crippen molar-refractivity contribution in [2.24, 2.45) is 0 Å². The minimum atomic E-state index is 0.0569. The lowest BCUT2D eigenvalue weighted by atomic mass is 9.85. The summed E-state index contributed by atoms with van der Waals surface area (Å²) in [5.41, 5.74) is 2.64. The molecule has 1 aliphatic heterocycles. The van der Waals surface area contributed by atoms with Crippen LogP contribution in [0.1, 0.15) is 30.9 Å². The van der Waals surface area contributed by atoms with Crippen LogP contribution in [0.4, 0.5) is 0 Å². The van der Waals surface area contributed by atoms with Gasteiger partial charge >= 0.3 is 0 Å². The zero-order valence-corrected chi connectivity index (χ0v) is 14.5. The van der Waals surface area contributed by atoms with Crippen LogP contribution in [0, 0.1) is 0 Å². The molecule has 1 aliphatic rings. The molecule has 2 unspecified atom stereocenters. The van der Waals surface area contributed by atoms with Gasteiger partial charge in [-0.2, -0.15) is 0 Å². The van der Waals surface area contributed by atoms with E-state index in [4.69, 9.17) is 0 Å². The Morgan fingerprint density at radius 3 is 2.27 bits per heavy atom. The molecule has 0 spiro atoms. The smallest absolute Gasteiger partial charge is 0.0524 e. The fraction of sp³-hybridized carbons (Fsp3) is 0.200. The average molecular weight is 325 g/mol. The molecule has 1 heterocycles. The highest BCUT2D eigenvalue weighted by Crippen LogP contribution is 2.54. The molecule has 2 aromatic carbocycles. The van der Waals surface area contributed by atoms with Crippen molar-refractivity contribution in [3.63, 3.8) is 0 Å². The molecule has 2 aromatic rings. The van der Waals surface area contributed by atoms with Gasteiger partial charge in [-0.15, -0.1) is 0 Å². The van der Waals surface area contributed by atoms with Crippen molar-refractivity contribution in [1.29, 1.82) is 0 Å². The van der Waals surface area contributed by atoms with E-state index in [0.717, 1.165) is 0 Å². The van der Waals surface area contributed by atoms with Crippen molar-refractivity contribution in [3.05, 3.63) is 88.8 Å². The zero-order chi connectivity index (χ0) is 15.4. The standard InChI is InChI=1S/C20H20S2/c1-16-15-19(18-11-7-4-8-12-18)20(2,22-21-16)14-13-17-9-5-3-6-10-17/h3-15,19H,1-2H3/b14-13+. The lowest BCUT2D eigenvalue weighted by molar-refractivity contribution is 0.698. The molecule has 0 N–H and O–H groups in total. The summed E-state index contributed by atoms with van der Waals surface area (Å²) in [5.74, 6) is 0.403. The van der Waals surface area contributed by atoms with E-state index in [0.29, 0.717) is 5.92 Å². The average Bonchev–Trinajstić information content (AvgIpc) is 2.57. The summed E-state index contributed by atoms with van der Waals surface area (Å²) in [6.07, 6.45) is 7.02. The maximum absolute atomic E-state index is 2.41. The van der Waals surface area contributed by atoms with E-state index in [2.05, 4.69) is 92.7 Å². The highest BCUT2D eigenvalue weighted by atomic mass is 33.1. The molecule has 0 nitrogen and oxygen atoms in total. The summed E-state index contributed by atoms with van der Waals surface area (Å²) in [6, 6.07) is 21.4. The summed E-state index contributed by atoms with van der Waals surface area (Å²) in [6.45, 7) is 4.54. The summed E-state index contributed by atoms with van der Waals surface area (Å²) in [7, 11) is 3.84. The first-order valence-corrected chi connectivity index (χ1v) is 9.66. The highest BCUT2D eigenvalue weighted by Gasteiger charge is 2.35. The lowest BCUT2D eigenvalue weighted by Crippen LogP contribution is -2.27. The van der Waals surface area contributed by atoms with Gasteiger partial charge in [0.25, 0.3) is 0 Å². The second-order valence-electron chi connectivity index (χ2n) is 5.76. The van der Waals surface area contributed by atoms with Gasteiger partial charge < -0.3 is 0 Å². The fourth-order valence-electron chi connectivity index (χ4n) is 2.68. The quantitative estimate of drug-likeness (QED) is 0.588. The van der Waals surface area contributed by atoms with Crippen LogP contribution < -0.4 is 0 Å². The topological polar surface area (TPSA) is 0 Å². The van der Waals surface area contributed by atoms with Crippen molar-refractivity contribution in [3.8, 4) is 0 Å². The molecule has 0 saturated heterocycles. The number of rotatable bonds is 3. The van der Waals surface area contributed by atoms with Crippen molar-refractivity contribution < 1.29 is 0 Å². The first kappa shape index (κ1) is 15.5. The van der Waals surface area contributed by atoms with Crippen LogP contribution in [0.25, 0.3) is 6.08 Å². The van der Waals surface area contributed by atoms with Crippen molar-refractivity contribution in [2.45, 2.75) is 24.5 Å². The minimum Gasteiger partial charge on any atom is -0.0775 e. The van der Waals surface area contributed by atoms with Gasteiger partial charge in [0.1, 0.15) is 0 Å². The third kappa shape index (κ3) is 3.50. The summed E-state index contributed by atoms with van der Waals surface area (Å²) >= 11 is 0. The van der Waals surface area contributed by atoms with Gasteiger partial charge in [0.15, 0.2) is 0 Å². The van der Waals surface area contributed by atoms with Crippen LogP contribution in [-0.2, 0) is 0 Å². The van der Waals surface area contributed by atoms with Gasteiger partial charge in [-0.3, -0.25) is 0 Å². The Bertz CT molecular complexity index is 673. The number of hydrogen-bond acceptors (Lipinski definition) is 2. The summed E-state index contributed by atoms with van der Waals surface area (Å²) in [5, 5.41) is 0. The summed E-state index contributed by atoms with van der Waals surface area (Å²) in [4.78, 5) is 1.39. The van der Waals surface area contributed by atoms with Crippen LogP contribution in [0.3, 0.4) is 0 Å². The highest BCUT2D eigenvalue weighted by molar-refractivity contribution is 8.78. The van der Waals surface area contributed by atoms with Crippen LogP contribution in [0.2, 0.25) is 0 Å². The molecule has 2 atom stereocenters. The van der Waals surface area contributed by atoms with Crippen LogP contribution in [0.15, 0.2) is 77.7 Å². The molecule has 0 saturated carbocycles. The summed E-state index contributed by atoms with van der Waals surface area (Å²) < 4.78 is 0.0569. The molecule has 112 valence electrons. The number of hydrogen-bond donors (Lipinski definition) is 0. The van der Waals surface area contributed by atoms with Crippen LogP contribution >= 0.6 is 21.6 Å². The van der Waals surface area contributed by atoms with Gasteiger partial charge in [0.2, 0.25) is 0 Å². The monoisotopic (exact) mass is 324 g/mol. The molecule has 2 heteroatoms. The second kappa shape index (κ2) is 6.80. The Hall–Kier alpha value is -1.38. The van der Waals surface area contributed by atoms with E-state index < -0.39 is 0 Å². The maximum Gasteiger partial charge on any atom is 0.0524 e. The molecule has 0 aromatic heterocycles. The second-order valence-corrected chi connectivity index (χ2v) is 8.62. The lowest BCUT2D eigenvalue weighted by Gasteiger charge is -2.36. The normalized spacial score (nSPS) is 25.2. The van der Waals surface area contributed by atoms with Gasteiger partial charge in [-0.05, 0) is 29.9 Å². The number of allylic oxidation sites excluding steroid dienone is 2. The predicted molar refractivity (Wildman–Crippen MR) is 102 cm³/mol. The first-order valence-electron chi connectivity index (χ1n) is 7.51. The molecule has 0 fully saturated rings. The Kier molecular flexibility index (Phi) is 4.80. The van der Waals surface area contributed by atoms with E-state index in [-0.39, 0.29) is 4.75 Å². The van der Waals surface area contributed by atoms with E-state index in [1.807, 2.05) is 21.6 Å². The third-order valence-corrected chi connectivity index (χ3v) is 7.28. The molecule has 22 heavy (non-hydrogen) atoms. The Labute approximate surface area is 141 Å². The molecular formula is C20H20S2. The van der Waals surface area contributed by atoms with E-state index in [1.54, 1.807) is 0 Å². The van der Waals surface area contributed by atoms with Gasteiger partial charge in [0, 0.05) is 5.92 Å². The van der Waals surface area contributed by atoms with Gasteiger partial charge in [-0.25, -0.2) is 0 Å². The van der Waals surface area contributed by atoms with E-state index in [9.17, 15) is 0 Å². The number of benzene rings is 2. The third-order valence-electron chi connectivity index (χ3n) is 3.94. The molecular weight excluding hydrogens is 304 g/mol. The molecule has 3 rings (SSSR count). The van der Waals surface area contributed by atoms with Gasteiger partial charge in [0.05, 0.1) is 4.75 Å².